The Hall–Kier alpha value is -3.39. The van der Waals surface area contributed by atoms with Crippen molar-refractivity contribution in [2.24, 2.45) is 0 Å². The highest BCUT2D eigenvalue weighted by Crippen LogP contribution is 2.31. The van der Waals surface area contributed by atoms with Crippen LogP contribution in [0.1, 0.15) is 27.9 Å². The molecule has 0 saturated heterocycles. The minimum absolute atomic E-state index is 0.0934. The molecule has 0 aromatic heterocycles. The summed E-state index contributed by atoms with van der Waals surface area (Å²) in [5, 5.41) is 11.4. The molecule has 144 valence electrons. The van der Waals surface area contributed by atoms with E-state index in [9.17, 15) is 14.4 Å². The standard InChI is InChI=1S/C20H19N3O5/c24-18(23-8-7-12-3-1-2-4-14(12)11-23)10-17-20(26)21-15-6-5-13(19(25)22-27)9-16(15)28-17/h1-6,9,17,27H,7-8,10-11H2,(H,21,26)(H,22,25). The van der Waals surface area contributed by atoms with Gasteiger partial charge in [0.25, 0.3) is 11.8 Å². The zero-order chi connectivity index (χ0) is 19.7. The van der Waals surface area contributed by atoms with Gasteiger partial charge in [0.1, 0.15) is 5.75 Å². The second kappa shape index (κ2) is 7.32. The number of carbonyl (C=O) groups excluding carboxylic acids is 3. The summed E-state index contributed by atoms with van der Waals surface area (Å²) in [4.78, 5) is 38.3. The number of ether oxygens (including phenoxy) is 1. The summed E-state index contributed by atoms with van der Waals surface area (Å²) in [5.41, 5.74) is 4.49. The molecule has 2 heterocycles. The van der Waals surface area contributed by atoms with E-state index in [1.165, 1.54) is 23.8 Å². The van der Waals surface area contributed by atoms with Crippen LogP contribution in [0, 0.1) is 0 Å². The second-order valence-corrected chi connectivity index (χ2v) is 6.79. The van der Waals surface area contributed by atoms with Gasteiger partial charge in [-0.1, -0.05) is 24.3 Å². The maximum atomic E-state index is 12.7. The Balaban J connectivity index is 1.46. The smallest absolute Gasteiger partial charge is 0.274 e. The fourth-order valence-corrected chi connectivity index (χ4v) is 3.48. The molecule has 0 aliphatic carbocycles. The number of hydrogen-bond donors (Lipinski definition) is 3. The van der Waals surface area contributed by atoms with Crippen molar-refractivity contribution in [2.45, 2.75) is 25.5 Å². The highest BCUT2D eigenvalue weighted by Gasteiger charge is 2.32. The van der Waals surface area contributed by atoms with Crippen molar-refractivity contribution in [3.63, 3.8) is 0 Å². The summed E-state index contributed by atoms with van der Waals surface area (Å²) in [5.74, 6) is -0.981. The summed E-state index contributed by atoms with van der Waals surface area (Å²) < 4.78 is 5.69. The van der Waals surface area contributed by atoms with Crippen LogP contribution in [0.4, 0.5) is 5.69 Å². The number of carbonyl (C=O) groups is 3. The van der Waals surface area contributed by atoms with Crippen molar-refractivity contribution in [3.8, 4) is 5.75 Å². The Kier molecular flexibility index (Phi) is 4.70. The predicted octanol–water partition coefficient (Wildman–Crippen LogP) is 1.48. The molecule has 2 aliphatic rings. The van der Waals surface area contributed by atoms with E-state index in [-0.39, 0.29) is 23.6 Å². The molecule has 0 fully saturated rings. The van der Waals surface area contributed by atoms with E-state index < -0.39 is 17.9 Å². The van der Waals surface area contributed by atoms with E-state index in [2.05, 4.69) is 11.4 Å². The summed E-state index contributed by atoms with van der Waals surface area (Å²) >= 11 is 0. The van der Waals surface area contributed by atoms with E-state index in [0.29, 0.717) is 18.8 Å². The zero-order valence-electron chi connectivity index (χ0n) is 15.0. The Morgan fingerprint density at radius 2 is 2.00 bits per heavy atom. The number of hydrogen-bond acceptors (Lipinski definition) is 5. The zero-order valence-corrected chi connectivity index (χ0v) is 15.0. The first-order chi connectivity index (χ1) is 13.5. The van der Waals surface area contributed by atoms with Gasteiger partial charge in [-0.3, -0.25) is 19.6 Å². The number of hydroxylamine groups is 1. The van der Waals surface area contributed by atoms with E-state index in [0.717, 1.165) is 12.0 Å². The predicted molar refractivity (Wildman–Crippen MR) is 98.9 cm³/mol. The summed E-state index contributed by atoms with van der Waals surface area (Å²) in [6.07, 6.45) is -0.295. The van der Waals surface area contributed by atoms with Crippen LogP contribution in [0.2, 0.25) is 0 Å². The highest BCUT2D eigenvalue weighted by atomic mass is 16.5. The van der Waals surface area contributed by atoms with Crippen molar-refractivity contribution in [1.82, 2.24) is 10.4 Å². The molecule has 8 nitrogen and oxygen atoms in total. The van der Waals surface area contributed by atoms with E-state index in [4.69, 9.17) is 9.94 Å². The highest BCUT2D eigenvalue weighted by molar-refractivity contribution is 6.01. The van der Waals surface area contributed by atoms with Gasteiger partial charge in [-0.15, -0.1) is 0 Å². The topological polar surface area (TPSA) is 108 Å². The molecule has 2 aliphatic heterocycles. The Bertz CT molecular complexity index is 959. The van der Waals surface area contributed by atoms with Gasteiger partial charge in [0, 0.05) is 18.7 Å². The number of anilines is 1. The van der Waals surface area contributed by atoms with E-state index in [1.807, 2.05) is 18.2 Å². The third-order valence-corrected chi connectivity index (χ3v) is 5.01. The van der Waals surface area contributed by atoms with Gasteiger partial charge >= 0.3 is 0 Å². The maximum absolute atomic E-state index is 12.7. The fourth-order valence-electron chi connectivity index (χ4n) is 3.48. The minimum Gasteiger partial charge on any atom is -0.478 e. The van der Waals surface area contributed by atoms with Gasteiger partial charge in [-0.25, -0.2) is 5.48 Å². The molecule has 2 aromatic carbocycles. The number of benzene rings is 2. The molecule has 1 atom stereocenters. The summed E-state index contributed by atoms with van der Waals surface area (Å²) in [6.45, 7) is 1.11. The fraction of sp³-hybridized carbons (Fsp3) is 0.250. The number of fused-ring (bicyclic) bond motifs is 2. The van der Waals surface area contributed by atoms with Gasteiger partial charge in [0.05, 0.1) is 12.1 Å². The first-order valence-electron chi connectivity index (χ1n) is 8.95. The SMILES string of the molecule is O=C(NO)c1ccc2c(c1)OC(CC(=O)N1CCc3ccccc3C1)C(=O)N2. The lowest BCUT2D eigenvalue weighted by Gasteiger charge is -2.31. The molecule has 8 heteroatoms. The molecule has 3 amide bonds. The second-order valence-electron chi connectivity index (χ2n) is 6.79. The average molecular weight is 381 g/mol. The van der Waals surface area contributed by atoms with Crippen LogP contribution in [0.15, 0.2) is 42.5 Å². The van der Waals surface area contributed by atoms with Crippen molar-refractivity contribution in [3.05, 3.63) is 59.2 Å². The molecule has 3 N–H and O–H groups in total. The molecule has 2 aromatic rings. The maximum Gasteiger partial charge on any atom is 0.274 e. The molecule has 0 spiro atoms. The van der Waals surface area contributed by atoms with E-state index >= 15 is 0 Å². The monoisotopic (exact) mass is 381 g/mol. The van der Waals surface area contributed by atoms with Crippen molar-refractivity contribution < 1.29 is 24.3 Å². The first kappa shape index (κ1) is 18.0. The van der Waals surface area contributed by atoms with Crippen LogP contribution < -0.4 is 15.5 Å². The number of rotatable bonds is 3. The van der Waals surface area contributed by atoms with Crippen molar-refractivity contribution in [2.75, 3.05) is 11.9 Å². The third-order valence-electron chi connectivity index (χ3n) is 5.01. The molecule has 28 heavy (non-hydrogen) atoms. The number of amides is 3. The van der Waals surface area contributed by atoms with Crippen LogP contribution in [-0.2, 0) is 22.6 Å². The van der Waals surface area contributed by atoms with Gasteiger partial charge in [0.2, 0.25) is 5.91 Å². The van der Waals surface area contributed by atoms with Gasteiger partial charge in [-0.2, -0.15) is 0 Å². The molecule has 0 bridgehead atoms. The number of nitrogens with one attached hydrogen (secondary N) is 2. The number of nitrogens with zero attached hydrogens (tertiary/aromatic N) is 1. The molecule has 4 rings (SSSR count). The average Bonchev–Trinajstić information content (AvgIpc) is 2.73. The lowest BCUT2D eigenvalue weighted by atomic mass is 9.99. The molecule has 1 unspecified atom stereocenters. The van der Waals surface area contributed by atoms with E-state index in [1.54, 1.807) is 10.4 Å². The van der Waals surface area contributed by atoms with Gasteiger partial charge in [-0.05, 0) is 35.7 Å². The normalized spacial score (nSPS) is 17.7. The molecule has 0 radical (unpaired) electrons. The molecular weight excluding hydrogens is 362 g/mol. The minimum atomic E-state index is -0.982. The van der Waals surface area contributed by atoms with Gasteiger partial charge in [0.15, 0.2) is 6.10 Å². The Morgan fingerprint density at radius 1 is 1.21 bits per heavy atom. The quantitative estimate of drug-likeness (QED) is 0.551. The van der Waals surface area contributed by atoms with Crippen LogP contribution in [0.5, 0.6) is 5.75 Å². The Labute approximate surface area is 161 Å². The molecule has 0 saturated carbocycles. The largest absolute Gasteiger partial charge is 0.478 e. The van der Waals surface area contributed by atoms with Gasteiger partial charge < -0.3 is 15.0 Å². The lowest BCUT2D eigenvalue weighted by Crippen LogP contribution is -2.43. The van der Waals surface area contributed by atoms with Crippen molar-refractivity contribution >= 4 is 23.4 Å². The van der Waals surface area contributed by atoms with Crippen LogP contribution in [0.25, 0.3) is 0 Å². The Morgan fingerprint density at radius 3 is 2.79 bits per heavy atom. The third kappa shape index (κ3) is 3.41. The van der Waals surface area contributed by atoms with Crippen molar-refractivity contribution in [1.29, 1.82) is 0 Å². The van der Waals surface area contributed by atoms with Crippen LogP contribution >= 0.6 is 0 Å². The first-order valence-corrected chi connectivity index (χ1v) is 8.95. The van der Waals surface area contributed by atoms with Crippen LogP contribution in [0.3, 0.4) is 0 Å². The summed E-state index contributed by atoms with van der Waals surface area (Å²) in [7, 11) is 0. The summed E-state index contributed by atoms with van der Waals surface area (Å²) in [6, 6.07) is 12.4. The lowest BCUT2D eigenvalue weighted by molar-refractivity contribution is -0.137. The van der Waals surface area contributed by atoms with Crippen LogP contribution in [-0.4, -0.2) is 40.5 Å². The molecular formula is C20H19N3O5.